The molecule has 0 aliphatic heterocycles. The van der Waals surface area contributed by atoms with Gasteiger partial charge in [-0.05, 0) is 0 Å². The van der Waals surface area contributed by atoms with Gasteiger partial charge >= 0.3 is 40.6 Å². The Kier molecular flexibility index (Phi) is 103. The summed E-state index contributed by atoms with van der Waals surface area (Å²) in [5.74, 6) is 0. The van der Waals surface area contributed by atoms with Crippen LogP contribution in [0.1, 0.15) is 0 Å². The molecule has 0 aromatic heterocycles. The van der Waals surface area contributed by atoms with Crippen LogP contribution < -0.4 is 0 Å². The van der Waals surface area contributed by atoms with Crippen LogP contribution in [0, 0.1) is 158 Å². The van der Waals surface area contributed by atoms with Crippen molar-refractivity contribution in [1.82, 2.24) is 0 Å². The minimum absolute atomic E-state index is 0. The van der Waals surface area contributed by atoms with Crippen molar-refractivity contribution in [2.24, 2.45) is 0 Å². The molecule has 0 bridgehead atoms. The second-order valence-electron chi connectivity index (χ2n) is 0. The van der Waals surface area contributed by atoms with Gasteiger partial charge in [-0.1, -0.05) is 0 Å². The molecule has 21 valence electrons. The Bertz CT molecular complexity index is 11.6. The molecule has 0 aliphatic carbocycles. The van der Waals surface area contributed by atoms with Crippen LogP contribution in [0.4, 0.5) is 1.01 Å². The largest absolute Gasteiger partial charge is 0 e. The van der Waals surface area contributed by atoms with Crippen molar-refractivity contribution in [3.8, 4) is 0 Å². The Morgan fingerprint density at radius 2 is 1.20 bits per heavy atom. The summed E-state index contributed by atoms with van der Waals surface area (Å²) < 4.78 is 9.64. The normalized spacial score (nSPS) is 0.800. The smallest absolute Gasteiger partial charge is 0 e. The summed E-state index contributed by atoms with van der Waals surface area (Å²) in [6, 6.07) is 0. The van der Waals surface area contributed by atoms with Gasteiger partial charge in [-0.2, -0.15) is 0 Å². The molecule has 0 aliphatic rings. The van der Waals surface area contributed by atoms with Gasteiger partial charge in [0.15, 0.2) is 0 Å². The van der Waals surface area contributed by atoms with E-state index in [9.17, 15) is 1.01 Å². The molecule has 5 heteroatoms. The Balaban J connectivity index is -0.00000000167. The van der Waals surface area contributed by atoms with Crippen LogP contribution in [-0.2, 0) is 0 Å². The maximum Gasteiger partial charge on any atom is 0 e. The number of rotatable bonds is 0. The molecule has 0 N–H and O–H groups in total. The molecule has 0 rings (SSSR count). The first-order chi connectivity index (χ1) is 1.00. The van der Waals surface area contributed by atoms with Crippen molar-refractivity contribution in [3.63, 3.8) is 0 Å². The summed E-state index contributed by atoms with van der Waals surface area (Å²) >= 11 is -0.194. The van der Waals surface area contributed by atoms with E-state index in [0.29, 0.717) is 0 Å². The third-order valence-electron chi connectivity index (χ3n) is 0. The standard InChI is InChI=1S/Ce.FH.La.Nd.Pr/h;1H;;;/q;;;+1;/p-1. The average Bonchev–Trinajstić information content (AvgIpc) is 1.00. The van der Waals surface area contributed by atoms with Gasteiger partial charge in [-0.25, -0.2) is 0 Å². The molecule has 0 spiro atoms. The van der Waals surface area contributed by atoms with E-state index in [1.165, 1.54) is 0 Å². The van der Waals surface area contributed by atoms with E-state index in [1.54, 1.807) is 0 Å². The minimum atomic E-state index is -0.194. The van der Waals surface area contributed by atoms with Crippen LogP contribution in [0.5, 0.6) is 0 Å². The summed E-state index contributed by atoms with van der Waals surface area (Å²) in [6.07, 6.45) is 0. The van der Waals surface area contributed by atoms with E-state index in [1.807, 2.05) is 0 Å². The molecule has 5 heavy (non-hydrogen) atoms. The maximum absolute atomic E-state index is 9.64. The molecular formula is CeFLaNdPr. The summed E-state index contributed by atoms with van der Waals surface area (Å²) in [6.45, 7) is 0. The van der Waals surface area contributed by atoms with E-state index in [0.717, 1.165) is 0 Å². The second-order valence-corrected chi connectivity index (χ2v) is 0. The number of hydrogen-bond acceptors (Lipinski definition) is 0. The first kappa shape index (κ1) is 22.5. The van der Waals surface area contributed by atoms with Crippen LogP contribution in [-0.4, -0.2) is 0 Å². The molecule has 0 heterocycles. The van der Waals surface area contributed by atoms with Crippen LogP contribution in [0.2, 0.25) is 0 Å². The van der Waals surface area contributed by atoms with Crippen LogP contribution in [0.15, 0.2) is 0 Å². The van der Waals surface area contributed by atoms with Gasteiger partial charge < -0.3 is 0 Å². The van der Waals surface area contributed by atoms with Crippen LogP contribution >= 0.6 is 0 Å². The first-order valence-electron chi connectivity index (χ1n) is 0.189. The Labute approximate surface area is 154 Å². The number of hydrogen-bond donors (Lipinski definition) is 0. The van der Waals surface area contributed by atoms with E-state index < -0.39 is 0 Å². The van der Waals surface area contributed by atoms with E-state index in [4.69, 9.17) is 0 Å². The zero-order valence-corrected chi connectivity index (χ0v) is 16.2. The molecule has 0 amide bonds. The van der Waals surface area contributed by atoms with Gasteiger partial charge in [0, 0.05) is 119 Å². The van der Waals surface area contributed by atoms with Crippen molar-refractivity contribution in [2.45, 2.75) is 0 Å². The molecule has 0 nitrogen and oxygen atoms in total. The molecule has 0 aromatic rings. The van der Waals surface area contributed by atoms with Gasteiger partial charge in [-0.3, -0.25) is 0 Å². The van der Waals surface area contributed by atoms with E-state index in [2.05, 4.69) is 0 Å². The van der Waals surface area contributed by atoms with Gasteiger partial charge in [0.25, 0.3) is 0 Å². The van der Waals surface area contributed by atoms with E-state index >= 15 is 0 Å². The monoisotopic (exact) mass is 581 g/mol. The molecule has 0 unspecified atom stereocenters. The zero-order chi connectivity index (χ0) is 2.00. The third kappa shape index (κ3) is 17.6. The van der Waals surface area contributed by atoms with E-state index in [-0.39, 0.29) is 158 Å². The van der Waals surface area contributed by atoms with Gasteiger partial charge in [0.2, 0.25) is 0 Å². The molecule has 0 aromatic carbocycles. The predicted molar refractivity (Wildman–Crippen MR) is 1.11 cm³/mol. The Hall–Kier alpha value is 5.22. The quantitative estimate of drug-likeness (QED) is 0.389. The minimum Gasteiger partial charge on any atom is 0 e. The van der Waals surface area contributed by atoms with Gasteiger partial charge in [0.1, 0.15) is 0 Å². The fourth-order valence-electron chi connectivity index (χ4n) is 0. The molecule has 0 atom stereocenters. The fourth-order valence-corrected chi connectivity index (χ4v) is 0. The summed E-state index contributed by atoms with van der Waals surface area (Å²) in [5, 5.41) is 0. The fraction of sp³-hybridized carbons (Fsp3) is 0. The van der Waals surface area contributed by atoms with Crippen molar-refractivity contribution in [2.75, 3.05) is 0 Å². The van der Waals surface area contributed by atoms with Crippen LogP contribution in [0.25, 0.3) is 0 Å². The van der Waals surface area contributed by atoms with Gasteiger partial charge in [0.05, 0.1) is 0 Å². The summed E-state index contributed by atoms with van der Waals surface area (Å²) in [5.41, 5.74) is 0. The molecule has 2 radical (unpaired) electrons. The SMILES string of the molecule is [Ce].[F][Nd].[La].[Pr]. The molecule has 0 fully saturated rings. The first-order valence-corrected chi connectivity index (χ1v) is 1.40. The van der Waals surface area contributed by atoms with Gasteiger partial charge in [-0.15, -0.1) is 0 Å². The third-order valence-corrected chi connectivity index (χ3v) is 0. The maximum atomic E-state index is 9.64. The molecular weight excluding hydrogens is 583 g/mol. The van der Waals surface area contributed by atoms with Crippen molar-refractivity contribution in [3.05, 3.63) is 0 Å². The second kappa shape index (κ2) is 22.9. The Morgan fingerprint density at radius 1 is 1.20 bits per heavy atom. The molecule has 0 saturated heterocycles. The zero-order valence-electron chi connectivity index (χ0n) is 2.53. The average molecular weight is 583 g/mol. The predicted octanol–water partition coefficient (Wildman–Crippen LogP) is 0.420. The topological polar surface area (TPSA) is 0 Å². The van der Waals surface area contributed by atoms with Crippen molar-refractivity contribution < 1.29 is 159 Å². The van der Waals surface area contributed by atoms with Crippen LogP contribution in [0.3, 0.4) is 0 Å². The molecule has 0 saturated carbocycles. The summed E-state index contributed by atoms with van der Waals surface area (Å²) in [7, 11) is 0. The summed E-state index contributed by atoms with van der Waals surface area (Å²) in [4.78, 5) is 0. The van der Waals surface area contributed by atoms with Crippen molar-refractivity contribution >= 4 is 0 Å². The Morgan fingerprint density at radius 3 is 1.20 bits per heavy atom. The van der Waals surface area contributed by atoms with Crippen molar-refractivity contribution in [1.29, 1.82) is 0 Å². The number of halogens is 1.